The van der Waals surface area contributed by atoms with Gasteiger partial charge in [-0.2, -0.15) is 0 Å². The van der Waals surface area contributed by atoms with E-state index in [9.17, 15) is 4.79 Å². The summed E-state index contributed by atoms with van der Waals surface area (Å²) in [6, 6.07) is 11.4. The third kappa shape index (κ3) is 4.72. The van der Waals surface area contributed by atoms with Gasteiger partial charge < -0.3 is 9.47 Å². The van der Waals surface area contributed by atoms with Crippen LogP contribution in [0.2, 0.25) is 0 Å². The summed E-state index contributed by atoms with van der Waals surface area (Å²) in [5.74, 6) is 0.120. The monoisotopic (exact) mass is 273 g/mol. The lowest BCUT2D eigenvalue weighted by molar-refractivity contribution is 0.0599. The topological polar surface area (TPSA) is 48.4 Å². The van der Waals surface area contributed by atoms with Crippen LogP contribution < -0.4 is 4.74 Å². The minimum Gasteiger partial charge on any atom is -0.487 e. The van der Waals surface area contributed by atoms with E-state index in [0.717, 1.165) is 5.56 Å². The molecule has 0 aliphatic carbocycles. The van der Waals surface area contributed by atoms with E-state index in [1.54, 1.807) is 12.3 Å². The fourth-order valence-electron chi connectivity index (χ4n) is 1.47. The molecule has 0 spiro atoms. The molecule has 2 rings (SSSR count). The molecule has 1 aromatic carbocycles. The van der Waals surface area contributed by atoms with Gasteiger partial charge in [0.05, 0.1) is 18.9 Å². The van der Waals surface area contributed by atoms with Crippen molar-refractivity contribution in [2.45, 2.75) is 20.5 Å². The maximum Gasteiger partial charge on any atom is 0.339 e. The van der Waals surface area contributed by atoms with E-state index in [0.29, 0.717) is 17.9 Å². The number of aromatic nitrogens is 1. The van der Waals surface area contributed by atoms with Gasteiger partial charge in [-0.05, 0) is 11.6 Å². The summed E-state index contributed by atoms with van der Waals surface area (Å²) in [7, 11) is 1.33. The van der Waals surface area contributed by atoms with Crippen LogP contribution in [-0.4, -0.2) is 18.1 Å². The first-order chi connectivity index (χ1) is 9.79. The van der Waals surface area contributed by atoms with E-state index in [1.807, 2.05) is 44.2 Å². The highest BCUT2D eigenvalue weighted by Crippen LogP contribution is 2.14. The fraction of sp³-hybridized carbons (Fsp3) is 0.250. The Kier molecular flexibility index (Phi) is 6.82. The average Bonchev–Trinajstić information content (AvgIpc) is 2.55. The Balaban J connectivity index is 0.000000956. The van der Waals surface area contributed by atoms with Gasteiger partial charge in [-0.25, -0.2) is 4.79 Å². The molecule has 2 aromatic rings. The number of hydrogen-bond donors (Lipinski definition) is 0. The standard InChI is InChI=1S/C14H13NO3.C2H6/c1-17-14(16)12-7-13(9-15-8-12)18-10-11-5-3-2-4-6-11;1-2/h2-9H,10H2,1H3;1-2H3. The van der Waals surface area contributed by atoms with Crippen molar-refractivity contribution in [3.8, 4) is 5.75 Å². The van der Waals surface area contributed by atoms with Crippen LogP contribution in [0.1, 0.15) is 29.8 Å². The number of carbonyl (C=O) groups is 1. The number of esters is 1. The van der Waals surface area contributed by atoms with Gasteiger partial charge in [0.25, 0.3) is 0 Å². The van der Waals surface area contributed by atoms with Crippen LogP contribution >= 0.6 is 0 Å². The van der Waals surface area contributed by atoms with Crippen LogP contribution in [0, 0.1) is 0 Å². The number of pyridine rings is 1. The number of methoxy groups -OCH3 is 1. The quantitative estimate of drug-likeness (QED) is 0.800. The highest BCUT2D eigenvalue weighted by atomic mass is 16.5. The van der Waals surface area contributed by atoms with Gasteiger partial charge in [-0.3, -0.25) is 4.98 Å². The zero-order valence-corrected chi connectivity index (χ0v) is 12.0. The molecule has 1 aromatic heterocycles. The Labute approximate surface area is 119 Å². The van der Waals surface area contributed by atoms with Crippen LogP contribution in [-0.2, 0) is 11.3 Å². The van der Waals surface area contributed by atoms with Crippen molar-refractivity contribution in [1.82, 2.24) is 4.98 Å². The lowest BCUT2D eigenvalue weighted by Crippen LogP contribution is -2.03. The summed E-state index contributed by atoms with van der Waals surface area (Å²) in [5, 5.41) is 0. The lowest BCUT2D eigenvalue weighted by Gasteiger charge is -2.06. The van der Waals surface area contributed by atoms with Crippen molar-refractivity contribution in [3.63, 3.8) is 0 Å². The predicted octanol–water partition coefficient (Wildman–Crippen LogP) is 3.47. The first-order valence-electron chi connectivity index (χ1n) is 6.49. The third-order valence-electron chi connectivity index (χ3n) is 2.38. The molecular formula is C16H19NO3. The molecule has 0 bridgehead atoms. The van der Waals surface area contributed by atoms with E-state index >= 15 is 0 Å². The molecule has 20 heavy (non-hydrogen) atoms. The van der Waals surface area contributed by atoms with E-state index in [-0.39, 0.29) is 0 Å². The Morgan fingerprint density at radius 1 is 1.15 bits per heavy atom. The van der Waals surface area contributed by atoms with Gasteiger partial charge in [0.2, 0.25) is 0 Å². The van der Waals surface area contributed by atoms with Crippen LogP contribution in [0.5, 0.6) is 5.75 Å². The lowest BCUT2D eigenvalue weighted by atomic mass is 10.2. The highest BCUT2D eigenvalue weighted by molar-refractivity contribution is 5.89. The number of ether oxygens (including phenoxy) is 2. The molecule has 106 valence electrons. The van der Waals surface area contributed by atoms with Gasteiger partial charge in [0.1, 0.15) is 12.4 Å². The van der Waals surface area contributed by atoms with Gasteiger partial charge >= 0.3 is 5.97 Å². The Morgan fingerprint density at radius 2 is 1.85 bits per heavy atom. The zero-order chi connectivity index (χ0) is 14.8. The Morgan fingerprint density at radius 3 is 2.50 bits per heavy atom. The average molecular weight is 273 g/mol. The van der Waals surface area contributed by atoms with Crippen LogP contribution in [0.15, 0.2) is 48.8 Å². The number of hydrogen-bond acceptors (Lipinski definition) is 4. The van der Waals surface area contributed by atoms with Crippen molar-refractivity contribution in [1.29, 1.82) is 0 Å². The Bertz CT molecular complexity index is 526. The van der Waals surface area contributed by atoms with E-state index in [4.69, 9.17) is 4.74 Å². The van der Waals surface area contributed by atoms with Crippen molar-refractivity contribution < 1.29 is 14.3 Å². The maximum absolute atomic E-state index is 11.3. The molecular weight excluding hydrogens is 254 g/mol. The molecule has 0 unspecified atom stereocenters. The zero-order valence-electron chi connectivity index (χ0n) is 12.0. The summed E-state index contributed by atoms with van der Waals surface area (Å²) in [4.78, 5) is 15.3. The largest absolute Gasteiger partial charge is 0.487 e. The number of nitrogens with zero attached hydrogens (tertiary/aromatic N) is 1. The normalized spacial score (nSPS) is 9.15. The second-order valence-corrected chi connectivity index (χ2v) is 3.68. The van der Waals surface area contributed by atoms with Crippen LogP contribution in [0.25, 0.3) is 0 Å². The molecule has 4 heteroatoms. The molecule has 4 nitrogen and oxygen atoms in total. The summed E-state index contributed by atoms with van der Waals surface area (Å²) in [6.45, 7) is 4.44. The van der Waals surface area contributed by atoms with Gasteiger partial charge in [0, 0.05) is 6.20 Å². The molecule has 0 saturated heterocycles. The molecule has 1 heterocycles. The molecule has 0 saturated carbocycles. The second kappa shape index (κ2) is 8.69. The molecule has 0 amide bonds. The number of benzene rings is 1. The number of rotatable bonds is 4. The first-order valence-corrected chi connectivity index (χ1v) is 6.49. The SMILES string of the molecule is CC.COC(=O)c1cncc(OCc2ccccc2)c1. The van der Waals surface area contributed by atoms with Crippen molar-refractivity contribution in [2.24, 2.45) is 0 Å². The van der Waals surface area contributed by atoms with E-state index < -0.39 is 5.97 Å². The molecule has 0 aliphatic rings. The second-order valence-electron chi connectivity index (χ2n) is 3.68. The van der Waals surface area contributed by atoms with Crippen LogP contribution in [0.3, 0.4) is 0 Å². The van der Waals surface area contributed by atoms with Gasteiger partial charge in [-0.15, -0.1) is 0 Å². The smallest absolute Gasteiger partial charge is 0.339 e. The summed E-state index contributed by atoms with van der Waals surface area (Å²) < 4.78 is 10.2. The van der Waals surface area contributed by atoms with Crippen molar-refractivity contribution in [2.75, 3.05) is 7.11 Å². The van der Waals surface area contributed by atoms with Crippen LogP contribution in [0.4, 0.5) is 0 Å². The summed E-state index contributed by atoms with van der Waals surface area (Å²) in [6.07, 6.45) is 3.01. The van der Waals surface area contributed by atoms with Crippen molar-refractivity contribution >= 4 is 5.97 Å². The molecule has 0 atom stereocenters. The summed E-state index contributed by atoms with van der Waals surface area (Å²) >= 11 is 0. The Hall–Kier alpha value is -2.36. The maximum atomic E-state index is 11.3. The van der Waals surface area contributed by atoms with Gasteiger partial charge in [-0.1, -0.05) is 44.2 Å². The molecule has 0 fully saturated rings. The highest BCUT2D eigenvalue weighted by Gasteiger charge is 2.07. The molecule has 0 N–H and O–H groups in total. The minimum atomic E-state index is -0.423. The predicted molar refractivity (Wildman–Crippen MR) is 77.7 cm³/mol. The first kappa shape index (κ1) is 15.7. The third-order valence-corrected chi connectivity index (χ3v) is 2.38. The fourth-order valence-corrected chi connectivity index (χ4v) is 1.47. The summed E-state index contributed by atoms with van der Waals surface area (Å²) in [5.41, 5.74) is 1.43. The van der Waals surface area contributed by atoms with Gasteiger partial charge in [0.15, 0.2) is 0 Å². The number of carbonyl (C=O) groups excluding carboxylic acids is 1. The molecule has 0 radical (unpaired) electrons. The minimum absolute atomic E-state index is 0.378. The van der Waals surface area contributed by atoms with Crippen molar-refractivity contribution in [3.05, 3.63) is 59.9 Å². The van der Waals surface area contributed by atoms with E-state index in [2.05, 4.69) is 9.72 Å². The van der Waals surface area contributed by atoms with E-state index in [1.165, 1.54) is 13.3 Å². The molecule has 0 aliphatic heterocycles.